The fraction of sp³-hybridized carbons (Fsp3) is 0.263. The minimum Gasteiger partial charge on any atom is -0.337 e. The van der Waals surface area contributed by atoms with Crippen molar-refractivity contribution in [3.63, 3.8) is 0 Å². The molecule has 0 saturated heterocycles. The first-order chi connectivity index (χ1) is 11.5. The third kappa shape index (κ3) is 4.59. The number of benzene rings is 2. The summed E-state index contributed by atoms with van der Waals surface area (Å²) in [4.78, 5) is 27.8. The molecule has 0 spiro atoms. The number of rotatable bonds is 6. The van der Waals surface area contributed by atoms with E-state index in [0.717, 1.165) is 5.56 Å². The molecule has 2 aromatic carbocycles. The van der Waals surface area contributed by atoms with E-state index < -0.39 is 0 Å². The van der Waals surface area contributed by atoms with E-state index in [-0.39, 0.29) is 18.4 Å². The van der Waals surface area contributed by atoms with Crippen LogP contribution in [0, 0.1) is 0 Å². The SMILES string of the molecule is CCN(Cc1ccccc1)C(=O)CN(C(C)=O)c1ccccc1Cl. The number of hydrogen-bond donors (Lipinski definition) is 0. The Labute approximate surface area is 147 Å². The maximum atomic E-state index is 12.7. The third-order valence-electron chi connectivity index (χ3n) is 3.77. The first-order valence-electron chi connectivity index (χ1n) is 7.87. The van der Waals surface area contributed by atoms with E-state index >= 15 is 0 Å². The number of halogens is 1. The second kappa shape index (κ2) is 8.50. The largest absolute Gasteiger partial charge is 0.337 e. The molecule has 0 aliphatic rings. The molecule has 0 unspecified atom stereocenters. The van der Waals surface area contributed by atoms with Gasteiger partial charge in [-0.2, -0.15) is 0 Å². The number of likely N-dealkylation sites (N-methyl/N-ethyl adjacent to an activating group) is 1. The number of nitrogens with zero attached hydrogens (tertiary/aromatic N) is 2. The molecule has 0 atom stereocenters. The van der Waals surface area contributed by atoms with E-state index in [2.05, 4.69) is 0 Å². The predicted molar refractivity (Wildman–Crippen MR) is 97.0 cm³/mol. The number of para-hydroxylation sites is 1. The van der Waals surface area contributed by atoms with Crippen molar-refractivity contribution in [2.45, 2.75) is 20.4 Å². The average molecular weight is 345 g/mol. The monoisotopic (exact) mass is 344 g/mol. The fourth-order valence-corrected chi connectivity index (χ4v) is 2.69. The minimum absolute atomic E-state index is 0.0280. The summed E-state index contributed by atoms with van der Waals surface area (Å²) in [6.07, 6.45) is 0. The molecule has 0 aliphatic carbocycles. The Balaban J connectivity index is 2.14. The molecule has 0 radical (unpaired) electrons. The van der Waals surface area contributed by atoms with Gasteiger partial charge in [0.25, 0.3) is 0 Å². The summed E-state index contributed by atoms with van der Waals surface area (Å²) in [5, 5.41) is 0.451. The molecule has 5 heteroatoms. The van der Waals surface area contributed by atoms with Crippen molar-refractivity contribution in [2.24, 2.45) is 0 Å². The fourth-order valence-electron chi connectivity index (χ4n) is 2.45. The Morgan fingerprint density at radius 3 is 2.21 bits per heavy atom. The number of hydrogen-bond acceptors (Lipinski definition) is 2. The van der Waals surface area contributed by atoms with Gasteiger partial charge in [-0.05, 0) is 24.6 Å². The maximum absolute atomic E-state index is 12.7. The summed E-state index contributed by atoms with van der Waals surface area (Å²) in [6, 6.07) is 16.8. The lowest BCUT2D eigenvalue weighted by atomic mass is 10.2. The summed E-state index contributed by atoms with van der Waals surface area (Å²) >= 11 is 6.17. The molecule has 2 amide bonds. The van der Waals surface area contributed by atoms with Crippen LogP contribution in [0.4, 0.5) is 5.69 Å². The van der Waals surface area contributed by atoms with Crippen LogP contribution in [-0.4, -0.2) is 29.8 Å². The Hall–Kier alpha value is -2.33. The lowest BCUT2D eigenvalue weighted by Crippen LogP contribution is -2.42. The van der Waals surface area contributed by atoms with Crippen LogP contribution in [0.1, 0.15) is 19.4 Å². The number of carbonyl (C=O) groups excluding carboxylic acids is 2. The molecule has 4 nitrogen and oxygen atoms in total. The lowest BCUT2D eigenvalue weighted by molar-refractivity contribution is -0.131. The van der Waals surface area contributed by atoms with Gasteiger partial charge in [0, 0.05) is 20.0 Å². The van der Waals surface area contributed by atoms with E-state index in [4.69, 9.17) is 11.6 Å². The molecular weight excluding hydrogens is 324 g/mol. The predicted octanol–water partition coefficient (Wildman–Crippen LogP) is 3.74. The zero-order chi connectivity index (χ0) is 17.5. The van der Waals surface area contributed by atoms with Gasteiger partial charge in [0.1, 0.15) is 6.54 Å². The molecule has 0 aliphatic heterocycles. The van der Waals surface area contributed by atoms with Crippen LogP contribution < -0.4 is 4.90 Å². The molecule has 2 aromatic rings. The molecule has 0 fully saturated rings. The highest BCUT2D eigenvalue weighted by Crippen LogP contribution is 2.25. The smallest absolute Gasteiger partial charge is 0.242 e. The third-order valence-corrected chi connectivity index (χ3v) is 4.09. The first kappa shape index (κ1) is 18.0. The van der Waals surface area contributed by atoms with Crippen LogP contribution in [0.25, 0.3) is 0 Å². The second-order valence-electron chi connectivity index (χ2n) is 5.45. The van der Waals surface area contributed by atoms with E-state index in [1.54, 1.807) is 29.2 Å². The van der Waals surface area contributed by atoms with Gasteiger partial charge in [-0.25, -0.2) is 0 Å². The second-order valence-corrected chi connectivity index (χ2v) is 5.86. The Morgan fingerprint density at radius 1 is 1.00 bits per heavy atom. The highest BCUT2D eigenvalue weighted by atomic mass is 35.5. The van der Waals surface area contributed by atoms with Gasteiger partial charge in [0.2, 0.25) is 11.8 Å². The quantitative estimate of drug-likeness (QED) is 0.801. The lowest BCUT2D eigenvalue weighted by Gasteiger charge is -2.27. The Morgan fingerprint density at radius 2 is 1.62 bits per heavy atom. The zero-order valence-electron chi connectivity index (χ0n) is 13.9. The van der Waals surface area contributed by atoms with E-state index in [9.17, 15) is 9.59 Å². The topological polar surface area (TPSA) is 40.6 Å². The molecule has 0 aromatic heterocycles. The van der Waals surface area contributed by atoms with Crippen LogP contribution in [0.15, 0.2) is 54.6 Å². The molecule has 0 saturated carbocycles. The van der Waals surface area contributed by atoms with E-state index in [1.165, 1.54) is 11.8 Å². The van der Waals surface area contributed by atoms with Crippen LogP contribution in [-0.2, 0) is 16.1 Å². The molecule has 2 rings (SSSR count). The maximum Gasteiger partial charge on any atom is 0.242 e. The van der Waals surface area contributed by atoms with Crippen molar-refractivity contribution >= 4 is 29.1 Å². The highest BCUT2D eigenvalue weighted by molar-refractivity contribution is 6.33. The van der Waals surface area contributed by atoms with Crippen molar-refractivity contribution in [2.75, 3.05) is 18.0 Å². The van der Waals surface area contributed by atoms with Crippen molar-refractivity contribution in [1.29, 1.82) is 0 Å². The van der Waals surface area contributed by atoms with Gasteiger partial charge in [0.05, 0.1) is 10.7 Å². The van der Waals surface area contributed by atoms with Crippen molar-refractivity contribution in [1.82, 2.24) is 4.90 Å². The van der Waals surface area contributed by atoms with Gasteiger partial charge in [-0.1, -0.05) is 54.1 Å². The van der Waals surface area contributed by atoms with Crippen LogP contribution in [0.2, 0.25) is 5.02 Å². The summed E-state index contributed by atoms with van der Waals surface area (Å²) in [5.41, 5.74) is 1.61. The Bertz CT molecular complexity index is 704. The van der Waals surface area contributed by atoms with Gasteiger partial charge >= 0.3 is 0 Å². The molecule has 126 valence electrons. The van der Waals surface area contributed by atoms with Crippen LogP contribution in [0.5, 0.6) is 0 Å². The van der Waals surface area contributed by atoms with Crippen LogP contribution in [0.3, 0.4) is 0 Å². The number of anilines is 1. The molecule has 0 heterocycles. The van der Waals surface area contributed by atoms with E-state index in [1.807, 2.05) is 37.3 Å². The molecule has 0 N–H and O–H groups in total. The van der Waals surface area contributed by atoms with E-state index in [0.29, 0.717) is 23.8 Å². The number of carbonyl (C=O) groups is 2. The molecule has 0 bridgehead atoms. The summed E-state index contributed by atoms with van der Waals surface area (Å²) in [5.74, 6) is -0.330. The van der Waals surface area contributed by atoms with Gasteiger partial charge in [-0.15, -0.1) is 0 Å². The number of amides is 2. The summed E-state index contributed by atoms with van der Waals surface area (Å²) < 4.78 is 0. The first-order valence-corrected chi connectivity index (χ1v) is 8.25. The average Bonchev–Trinajstić information content (AvgIpc) is 2.59. The summed E-state index contributed by atoms with van der Waals surface area (Å²) in [6.45, 7) is 4.42. The highest BCUT2D eigenvalue weighted by Gasteiger charge is 2.21. The van der Waals surface area contributed by atoms with Gasteiger partial charge in [-0.3, -0.25) is 9.59 Å². The summed E-state index contributed by atoms with van der Waals surface area (Å²) in [7, 11) is 0. The van der Waals surface area contributed by atoms with Gasteiger partial charge < -0.3 is 9.80 Å². The zero-order valence-corrected chi connectivity index (χ0v) is 14.7. The van der Waals surface area contributed by atoms with Gasteiger partial charge in [0.15, 0.2) is 0 Å². The molecular formula is C19H21ClN2O2. The normalized spacial score (nSPS) is 10.3. The Kier molecular flexibility index (Phi) is 6.38. The standard InChI is InChI=1S/C19H21ClN2O2/c1-3-21(13-16-9-5-4-6-10-16)19(24)14-22(15(2)23)18-12-8-7-11-17(18)20/h4-12H,3,13-14H2,1-2H3. The van der Waals surface area contributed by atoms with Crippen molar-refractivity contribution < 1.29 is 9.59 Å². The van der Waals surface area contributed by atoms with Crippen LogP contribution >= 0.6 is 11.6 Å². The molecule has 24 heavy (non-hydrogen) atoms. The van der Waals surface area contributed by atoms with Crippen molar-refractivity contribution in [3.8, 4) is 0 Å². The van der Waals surface area contributed by atoms with Crippen molar-refractivity contribution in [3.05, 3.63) is 65.2 Å². The minimum atomic E-state index is -0.216.